The van der Waals surface area contributed by atoms with Gasteiger partial charge in [0.15, 0.2) is 35.9 Å². The van der Waals surface area contributed by atoms with E-state index in [0.29, 0.717) is 36.7 Å². The van der Waals surface area contributed by atoms with Crippen molar-refractivity contribution in [2.24, 2.45) is 11.5 Å². The van der Waals surface area contributed by atoms with Gasteiger partial charge in [-0.15, -0.1) is 0 Å². The Hall–Kier alpha value is -8.48. The van der Waals surface area contributed by atoms with Crippen molar-refractivity contribution >= 4 is 132 Å². The molecular formula is C74H68Br4N2O12+2. The fraction of sp³-hybridized carbons (Fsp3) is 0.162. The highest BCUT2D eigenvalue weighted by Gasteiger charge is 2.25. The Morgan fingerprint density at radius 1 is 0.511 bits per heavy atom. The Balaban J connectivity index is 0.000000150. The Labute approximate surface area is 568 Å². The summed E-state index contributed by atoms with van der Waals surface area (Å²) in [5, 5.41) is 13.0. The first-order valence-electron chi connectivity index (χ1n) is 29.2. The molecule has 2 aliphatic heterocycles. The number of phenols is 1. The summed E-state index contributed by atoms with van der Waals surface area (Å²) in [7, 11) is 0. The monoisotopic (exact) mass is 1490 g/mol. The normalized spacial score (nSPS) is 11.5. The van der Waals surface area contributed by atoms with Gasteiger partial charge >= 0.3 is 5.75 Å². The molecule has 0 saturated heterocycles. The lowest BCUT2D eigenvalue weighted by Gasteiger charge is -2.17. The summed E-state index contributed by atoms with van der Waals surface area (Å²) in [6.07, 6.45) is 18.9. The van der Waals surface area contributed by atoms with Gasteiger partial charge in [-0.25, -0.2) is 0 Å². The molecule has 0 fully saturated rings. The lowest BCUT2D eigenvalue weighted by atomic mass is 9.99. The number of hydrogen-bond acceptors (Lipinski definition) is 14. The number of carbonyl (C=O) groups is 2. The van der Waals surface area contributed by atoms with Crippen LogP contribution in [0.2, 0.25) is 0 Å². The molecule has 8 aromatic carbocycles. The van der Waals surface area contributed by atoms with Gasteiger partial charge in [0.25, 0.3) is 5.75 Å². The SMILES string of the molecule is Brc1ccc2ccoc2c1.Brc1cccc2c1C=[C+]O2.CCC(N)c1ccc2ccoc2c1.CCC(N)c1cccc2c1C=[C+]O2.CCOC(COc1cccc(Br)c1)OCC.O=Cc1ccc2ccoc2c1.O=Cc1cccc2occc12.Oc1cccc(Br)c1. The van der Waals surface area contributed by atoms with E-state index >= 15 is 0 Å². The summed E-state index contributed by atoms with van der Waals surface area (Å²) in [4.78, 5) is 20.8. The Morgan fingerprint density at radius 3 is 1.65 bits per heavy atom. The largest absolute Gasteiger partial charge is 0.508 e. The molecule has 0 spiro atoms. The van der Waals surface area contributed by atoms with Crippen LogP contribution in [0, 0.1) is 12.5 Å². The van der Waals surface area contributed by atoms with Crippen LogP contribution in [0.5, 0.6) is 23.0 Å². The number of carbonyl (C=O) groups excluding carboxylic acids is 2. The number of nitrogens with two attached hydrogens (primary N) is 2. The molecule has 472 valence electrons. The number of furan rings is 4. The molecule has 92 heavy (non-hydrogen) atoms. The predicted molar refractivity (Wildman–Crippen MR) is 378 cm³/mol. The number of ether oxygens (including phenoxy) is 5. The number of benzene rings is 8. The first-order chi connectivity index (χ1) is 44.7. The van der Waals surface area contributed by atoms with E-state index in [9.17, 15) is 9.59 Å². The molecule has 0 amide bonds. The molecule has 0 radical (unpaired) electrons. The summed E-state index contributed by atoms with van der Waals surface area (Å²) >= 11 is 13.3. The molecule has 0 bridgehead atoms. The van der Waals surface area contributed by atoms with E-state index in [1.807, 2.05) is 153 Å². The van der Waals surface area contributed by atoms with Gasteiger partial charge in [-0.05, 0) is 163 Å². The van der Waals surface area contributed by atoms with Crippen molar-refractivity contribution < 1.29 is 56.0 Å². The molecule has 14 nitrogen and oxygen atoms in total. The molecule has 12 aromatic rings. The Morgan fingerprint density at radius 2 is 1.05 bits per heavy atom. The highest BCUT2D eigenvalue weighted by Crippen LogP contribution is 2.33. The molecule has 6 heterocycles. The summed E-state index contributed by atoms with van der Waals surface area (Å²) in [6, 6.07) is 57.0. The van der Waals surface area contributed by atoms with E-state index in [1.54, 1.807) is 73.6 Å². The van der Waals surface area contributed by atoms with E-state index in [0.717, 1.165) is 127 Å². The maximum absolute atomic E-state index is 10.5. The molecule has 2 atom stereocenters. The highest BCUT2D eigenvalue weighted by molar-refractivity contribution is 9.11. The van der Waals surface area contributed by atoms with Crippen LogP contribution in [0.25, 0.3) is 56.0 Å². The summed E-state index contributed by atoms with van der Waals surface area (Å²) in [5.74, 6) is 2.83. The second kappa shape index (κ2) is 37.8. The van der Waals surface area contributed by atoms with E-state index in [4.69, 9.17) is 57.9 Å². The summed E-state index contributed by atoms with van der Waals surface area (Å²) < 4.78 is 51.2. The topological polar surface area (TPSA) is 205 Å². The zero-order valence-electron chi connectivity index (χ0n) is 50.8. The number of rotatable bonds is 13. The summed E-state index contributed by atoms with van der Waals surface area (Å²) in [6.45, 7) is 9.66. The van der Waals surface area contributed by atoms with E-state index in [1.165, 1.54) is 0 Å². The molecule has 4 aromatic heterocycles. The average Bonchev–Trinajstić information content (AvgIpc) is 2.83. The van der Waals surface area contributed by atoms with E-state index < -0.39 is 0 Å². The zero-order valence-corrected chi connectivity index (χ0v) is 57.2. The lowest BCUT2D eigenvalue weighted by molar-refractivity contribution is -0.152. The molecule has 14 rings (SSSR count). The predicted octanol–water partition coefficient (Wildman–Crippen LogP) is 20.8. The molecule has 2 unspecified atom stereocenters. The smallest absolute Gasteiger partial charge is 0.300 e. The molecule has 5 N–H and O–H groups in total. The first kappa shape index (κ1) is 71.0. The summed E-state index contributed by atoms with van der Waals surface area (Å²) in [5.41, 5.74) is 21.0. The van der Waals surface area contributed by atoms with Gasteiger partial charge in [-0.3, -0.25) is 19.1 Å². The number of aldehydes is 2. The van der Waals surface area contributed by atoms with Crippen LogP contribution in [0.3, 0.4) is 0 Å². The first-order valence-corrected chi connectivity index (χ1v) is 32.3. The number of hydrogen-bond donors (Lipinski definition) is 3. The van der Waals surface area contributed by atoms with Crippen LogP contribution in [0.4, 0.5) is 0 Å². The zero-order chi connectivity index (χ0) is 65.6. The fourth-order valence-electron chi connectivity index (χ4n) is 8.64. The minimum Gasteiger partial charge on any atom is -0.508 e. The van der Waals surface area contributed by atoms with Crippen molar-refractivity contribution in [2.75, 3.05) is 19.8 Å². The second-order valence-electron chi connectivity index (χ2n) is 19.7. The number of halogens is 4. The van der Waals surface area contributed by atoms with Crippen molar-refractivity contribution in [3.05, 3.63) is 271 Å². The standard InChI is InChI=1S/C12H17BrO3.C11H13NO.C11H12NO.2C9H6O2.C8H5BrO.C8H4BrO.C6H5BrO/c1-3-14-12(15-4-2)9-16-11-7-5-6-10(13)8-11;1-2-10(12)9-4-3-8-5-6-13-11(8)7-9;1-2-10(12)8-4-3-5-11-9(8)6-7-13-11;10-6-7-1-2-8-3-4-11-9(8)5-7;10-6-7-2-1-3-9-8(7)4-5-11-9;9-7-2-1-6-3-4-10-8(6)5-7;9-7-2-1-3-8-6(7)4-5-10-8;7-5-2-1-3-6(8)4-5/h5-8,12H,3-4,9H2,1-2H3;3-7,10H,2,12H2,1H3;3-6,10H,2,12H2,1H3;2*1-6H;1-5H;1-4H;1-4,8H/q;;+1;;;;+1;. The third-order valence-electron chi connectivity index (χ3n) is 13.4. The van der Waals surface area contributed by atoms with E-state index in [-0.39, 0.29) is 18.4 Å². The van der Waals surface area contributed by atoms with Gasteiger partial charge in [0.1, 0.15) is 46.7 Å². The third kappa shape index (κ3) is 21.9. The molecule has 18 heteroatoms. The van der Waals surface area contributed by atoms with Crippen LogP contribution in [-0.2, 0) is 9.47 Å². The maximum atomic E-state index is 10.5. The minimum absolute atomic E-state index is 0.0923. The third-order valence-corrected chi connectivity index (χ3v) is 15.6. The number of aromatic hydroxyl groups is 1. The lowest BCUT2D eigenvalue weighted by Crippen LogP contribution is -2.25. The van der Waals surface area contributed by atoms with E-state index in [2.05, 4.69) is 96.2 Å². The van der Waals surface area contributed by atoms with Crippen molar-refractivity contribution in [1.82, 2.24) is 0 Å². The van der Waals surface area contributed by atoms with Crippen molar-refractivity contribution in [3.8, 4) is 23.0 Å². The molecule has 0 aliphatic carbocycles. The van der Waals surface area contributed by atoms with Gasteiger partial charge in [0.2, 0.25) is 12.5 Å². The van der Waals surface area contributed by atoms with Crippen LogP contribution < -0.4 is 25.7 Å². The average molecular weight is 1500 g/mol. The van der Waals surface area contributed by atoms with Gasteiger partial charge < -0.3 is 48.5 Å². The van der Waals surface area contributed by atoms with Crippen LogP contribution >= 0.6 is 63.7 Å². The van der Waals surface area contributed by atoms with Gasteiger partial charge in [-0.1, -0.05) is 116 Å². The number of phenolic OH excluding ortho intramolecular Hbond substituents is 1. The quantitative estimate of drug-likeness (QED) is 0.0558. The van der Waals surface area contributed by atoms with Crippen LogP contribution in [0.1, 0.15) is 95.6 Å². The highest BCUT2D eigenvalue weighted by atomic mass is 79.9. The van der Waals surface area contributed by atoms with Crippen LogP contribution in [-0.4, -0.2) is 43.8 Å². The fourth-order valence-corrected chi connectivity index (χ4v) is 10.2. The van der Waals surface area contributed by atoms with Crippen molar-refractivity contribution in [1.29, 1.82) is 0 Å². The van der Waals surface area contributed by atoms with Gasteiger partial charge in [0.05, 0.1) is 41.7 Å². The number of fused-ring (bicyclic) bond motifs is 6. The Kier molecular flexibility index (Phi) is 29.1. The molecule has 2 aliphatic rings. The van der Waals surface area contributed by atoms with Gasteiger partial charge in [0, 0.05) is 77.0 Å². The van der Waals surface area contributed by atoms with Crippen molar-refractivity contribution in [3.63, 3.8) is 0 Å². The molecular weight excluding hydrogens is 1430 g/mol. The van der Waals surface area contributed by atoms with Crippen molar-refractivity contribution in [2.45, 2.75) is 58.9 Å². The minimum atomic E-state index is -0.297. The van der Waals surface area contributed by atoms with Gasteiger partial charge in [-0.2, -0.15) is 0 Å². The maximum Gasteiger partial charge on any atom is 0.300 e. The van der Waals surface area contributed by atoms with Crippen LogP contribution in [0.15, 0.2) is 243 Å². The molecule has 0 saturated carbocycles. The second-order valence-corrected chi connectivity index (χ2v) is 23.3. The Bertz CT molecular complexity index is 4260.